The maximum absolute atomic E-state index is 13.0. The number of non-ortho nitro benzene ring substituents is 1. The Morgan fingerprint density at radius 1 is 1.09 bits per heavy atom. The number of morpholine rings is 1. The van der Waals surface area contributed by atoms with Crippen LogP contribution in [0.2, 0.25) is 0 Å². The fourth-order valence-electron chi connectivity index (χ4n) is 4.59. The van der Waals surface area contributed by atoms with E-state index in [1.165, 1.54) is 24.3 Å². The number of carbonyl (C=O) groups excluding carboxylic acids is 2. The Bertz CT molecular complexity index is 1060. The van der Waals surface area contributed by atoms with E-state index in [0.717, 1.165) is 44.2 Å². The molecule has 0 radical (unpaired) electrons. The molecule has 2 aliphatic heterocycles. The number of nitro benzene ring substituents is 1. The lowest BCUT2D eigenvalue weighted by molar-refractivity contribution is -0.384. The van der Waals surface area contributed by atoms with E-state index >= 15 is 0 Å². The molecule has 0 unspecified atom stereocenters. The van der Waals surface area contributed by atoms with E-state index in [0.29, 0.717) is 43.6 Å². The Balaban J connectivity index is 1.36. The summed E-state index contributed by atoms with van der Waals surface area (Å²) >= 11 is 0. The number of likely N-dealkylation sites (tertiary alicyclic amines) is 1. The van der Waals surface area contributed by atoms with Crippen LogP contribution in [-0.2, 0) is 4.74 Å². The highest BCUT2D eigenvalue weighted by atomic mass is 16.6. The van der Waals surface area contributed by atoms with Crippen molar-refractivity contribution in [3.8, 4) is 0 Å². The second-order valence-corrected chi connectivity index (χ2v) is 8.97. The minimum atomic E-state index is -0.481. The zero-order valence-electron chi connectivity index (χ0n) is 19.9. The van der Waals surface area contributed by atoms with Crippen LogP contribution in [0, 0.1) is 17.0 Å². The third-order valence-electron chi connectivity index (χ3n) is 6.62. The van der Waals surface area contributed by atoms with E-state index in [-0.39, 0.29) is 23.4 Å². The van der Waals surface area contributed by atoms with Crippen LogP contribution < -0.4 is 5.32 Å². The normalized spacial score (nSPS) is 17.2. The average molecular weight is 482 g/mol. The number of carbonyl (C=O) groups is 2. The van der Waals surface area contributed by atoms with Crippen molar-refractivity contribution in [2.75, 3.05) is 52.5 Å². The van der Waals surface area contributed by atoms with Crippen LogP contribution in [0.15, 0.2) is 36.4 Å². The first-order valence-electron chi connectivity index (χ1n) is 12.0. The fourth-order valence-corrected chi connectivity index (χ4v) is 4.59. The molecule has 0 spiro atoms. The summed E-state index contributed by atoms with van der Waals surface area (Å²) in [6, 6.07) is 9.38. The molecular formula is C25H31N5O5. The Morgan fingerprint density at radius 3 is 2.43 bits per heavy atom. The highest BCUT2D eigenvalue weighted by Gasteiger charge is 2.28. The van der Waals surface area contributed by atoms with Gasteiger partial charge in [0.25, 0.3) is 17.5 Å². The summed E-state index contributed by atoms with van der Waals surface area (Å²) in [6.45, 7) is 7.55. The highest BCUT2D eigenvalue weighted by molar-refractivity contribution is 5.96. The maximum Gasteiger partial charge on any atom is 0.269 e. The molecule has 186 valence electrons. The number of piperidine rings is 1. The van der Waals surface area contributed by atoms with E-state index in [1.54, 1.807) is 4.90 Å². The van der Waals surface area contributed by atoms with Gasteiger partial charge in [0.05, 0.1) is 29.4 Å². The number of pyridine rings is 1. The van der Waals surface area contributed by atoms with Gasteiger partial charge in [0.1, 0.15) is 0 Å². The molecule has 2 aromatic rings. The Kier molecular flexibility index (Phi) is 8.04. The second-order valence-electron chi connectivity index (χ2n) is 8.97. The van der Waals surface area contributed by atoms with Gasteiger partial charge in [0, 0.05) is 68.6 Å². The monoisotopic (exact) mass is 481 g/mol. The van der Waals surface area contributed by atoms with Gasteiger partial charge in [-0.3, -0.25) is 29.6 Å². The number of amides is 2. The van der Waals surface area contributed by atoms with Crippen molar-refractivity contribution in [3.05, 3.63) is 69.0 Å². The summed E-state index contributed by atoms with van der Waals surface area (Å²) in [5.74, 6) is -0.183. The number of nitrogens with zero attached hydrogens (tertiary/aromatic N) is 4. The summed E-state index contributed by atoms with van der Waals surface area (Å²) in [6.07, 6.45) is 1.40. The van der Waals surface area contributed by atoms with Gasteiger partial charge >= 0.3 is 0 Å². The number of hydrogen-bond acceptors (Lipinski definition) is 7. The number of nitrogens with one attached hydrogen (secondary N) is 1. The van der Waals surface area contributed by atoms with Crippen LogP contribution in [0.5, 0.6) is 0 Å². The molecule has 2 amide bonds. The van der Waals surface area contributed by atoms with Gasteiger partial charge in [-0.2, -0.15) is 0 Å². The van der Waals surface area contributed by atoms with Crippen molar-refractivity contribution in [2.45, 2.75) is 25.7 Å². The third-order valence-corrected chi connectivity index (χ3v) is 6.62. The number of ether oxygens (including phenoxy) is 1. The number of aromatic nitrogens is 1. The van der Waals surface area contributed by atoms with Crippen molar-refractivity contribution in [1.29, 1.82) is 0 Å². The lowest BCUT2D eigenvalue weighted by atomic mass is 9.89. The van der Waals surface area contributed by atoms with Gasteiger partial charge in [-0.05, 0) is 44.0 Å². The number of nitro groups is 1. The summed E-state index contributed by atoms with van der Waals surface area (Å²) in [5, 5.41) is 13.9. The first kappa shape index (κ1) is 24.7. The summed E-state index contributed by atoms with van der Waals surface area (Å²) in [5.41, 5.74) is 2.63. The van der Waals surface area contributed by atoms with Crippen LogP contribution in [0.25, 0.3) is 0 Å². The molecule has 1 aromatic carbocycles. The van der Waals surface area contributed by atoms with E-state index in [2.05, 4.69) is 10.2 Å². The molecule has 3 heterocycles. The Morgan fingerprint density at radius 2 is 1.77 bits per heavy atom. The molecule has 2 fully saturated rings. The molecule has 0 atom stereocenters. The molecule has 2 saturated heterocycles. The van der Waals surface area contributed by atoms with Gasteiger partial charge < -0.3 is 15.0 Å². The number of aryl methyl sites for hydroxylation is 1. The lowest BCUT2D eigenvalue weighted by Gasteiger charge is -2.32. The topological polar surface area (TPSA) is 118 Å². The fraction of sp³-hybridized carbons (Fsp3) is 0.480. The summed E-state index contributed by atoms with van der Waals surface area (Å²) < 4.78 is 5.36. The largest absolute Gasteiger partial charge is 0.379 e. The quantitative estimate of drug-likeness (QED) is 0.476. The molecule has 10 heteroatoms. The zero-order valence-corrected chi connectivity index (χ0v) is 19.9. The maximum atomic E-state index is 13.0. The van der Waals surface area contributed by atoms with Crippen molar-refractivity contribution >= 4 is 17.5 Å². The smallest absolute Gasteiger partial charge is 0.269 e. The van der Waals surface area contributed by atoms with Crippen molar-refractivity contribution in [1.82, 2.24) is 20.1 Å². The molecular weight excluding hydrogens is 450 g/mol. The number of hydrogen-bond donors (Lipinski definition) is 1. The summed E-state index contributed by atoms with van der Waals surface area (Å²) in [7, 11) is 0. The molecule has 2 aliphatic rings. The second kappa shape index (κ2) is 11.4. The highest BCUT2D eigenvalue weighted by Crippen LogP contribution is 2.30. The van der Waals surface area contributed by atoms with Gasteiger partial charge in [-0.15, -0.1) is 0 Å². The summed E-state index contributed by atoms with van der Waals surface area (Å²) in [4.78, 5) is 45.0. The van der Waals surface area contributed by atoms with Crippen molar-refractivity contribution in [3.63, 3.8) is 0 Å². The predicted octanol–water partition coefficient (Wildman–Crippen LogP) is 2.38. The molecule has 1 aromatic heterocycles. The predicted molar refractivity (Wildman–Crippen MR) is 130 cm³/mol. The minimum Gasteiger partial charge on any atom is -0.379 e. The van der Waals surface area contributed by atoms with E-state index in [1.807, 2.05) is 19.1 Å². The number of rotatable bonds is 7. The molecule has 35 heavy (non-hydrogen) atoms. The van der Waals surface area contributed by atoms with E-state index < -0.39 is 4.92 Å². The standard InChI is InChI=1S/C25H31N5O5/c1-18-2-7-22(24(31)26-10-13-28-14-16-35-17-15-28)23(27-18)19-8-11-29(12-9-19)25(32)20-3-5-21(6-4-20)30(33)34/h2-7,19H,8-17H2,1H3,(H,26,31). The molecule has 10 nitrogen and oxygen atoms in total. The van der Waals surface area contributed by atoms with Crippen molar-refractivity contribution in [2.24, 2.45) is 0 Å². The van der Waals surface area contributed by atoms with Crippen LogP contribution in [0.3, 0.4) is 0 Å². The third kappa shape index (κ3) is 6.20. The van der Waals surface area contributed by atoms with Crippen LogP contribution in [-0.4, -0.2) is 84.0 Å². The van der Waals surface area contributed by atoms with Crippen LogP contribution >= 0.6 is 0 Å². The zero-order chi connectivity index (χ0) is 24.8. The van der Waals surface area contributed by atoms with Crippen molar-refractivity contribution < 1.29 is 19.2 Å². The molecule has 0 aliphatic carbocycles. The van der Waals surface area contributed by atoms with Crippen LogP contribution in [0.1, 0.15) is 50.9 Å². The van der Waals surface area contributed by atoms with Crippen LogP contribution in [0.4, 0.5) is 5.69 Å². The molecule has 0 bridgehead atoms. The average Bonchev–Trinajstić information content (AvgIpc) is 2.89. The Hall–Kier alpha value is -3.37. The number of benzene rings is 1. The van der Waals surface area contributed by atoms with Gasteiger partial charge in [0.15, 0.2) is 0 Å². The molecule has 0 saturated carbocycles. The van der Waals surface area contributed by atoms with Gasteiger partial charge in [-0.25, -0.2) is 0 Å². The lowest BCUT2D eigenvalue weighted by Crippen LogP contribution is -2.41. The first-order valence-corrected chi connectivity index (χ1v) is 12.0. The molecule has 1 N–H and O–H groups in total. The van der Waals surface area contributed by atoms with Gasteiger partial charge in [-0.1, -0.05) is 0 Å². The molecule has 4 rings (SSSR count). The van der Waals surface area contributed by atoms with E-state index in [9.17, 15) is 19.7 Å². The Labute approximate surface area is 204 Å². The minimum absolute atomic E-state index is 0.0402. The van der Waals surface area contributed by atoms with E-state index in [4.69, 9.17) is 9.72 Å². The first-order chi connectivity index (χ1) is 16.9. The SMILES string of the molecule is Cc1ccc(C(=O)NCCN2CCOCC2)c(C2CCN(C(=O)c3ccc([N+](=O)[O-])cc3)CC2)n1. The van der Waals surface area contributed by atoms with Gasteiger partial charge in [0.2, 0.25) is 0 Å².